The van der Waals surface area contributed by atoms with E-state index in [1.165, 1.54) is 24.2 Å². The summed E-state index contributed by atoms with van der Waals surface area (Å²) in [7, 11) is -2.76. The molecule has 1 aliphatic heterocycles. The molecule has 0 spiro atoms. The Kier molecular flexibility index (Phi) is 4.22. The molecule has 5 N–H and O–H groups in total. The summed E-state index contributed by atoms with van der Waals surface area (Å²) in [4.78, 5) is 22.0. The van der Waals surface area contributed by atoms with Gasteiger partial charge in [-0.05, 0) is 0 Å². The van der Waals surface area contributed by atoms with Crippen LogP contribution in [-0.4, -0.2) is 68.0 Å². The molecule has 2 aromatic heterocycles. The highest BCUT2D eigenvalue weighted by Gasteiger charge is 2.44. The zero-order valence-corrected chi connectivity index (χ0v) is 13.9. The van der Waals surface area contributed by atoms with Crippen LogP contribution in [-0.2, 0) is 13.8 Å². The fraction of sp³-hybridized carbons (Fsp3) is 0.583. The summed E-state index contributed by atoms with van der Waals surface area (Å²) >= 11 is 0. The molecule has 0 bridgehead atoms. The molecule has 0 radical (unpaired) electrons. The van der Waals surface area contributed by atoms with Gasteiger partial charge in [-0.2, -0.15) is 4.98 Å². The topological polar surface area (TPSA) is 166 Å². The fourth-order valence-electron chi connectivity index (χ4n) is 2.48. The highest BCUT2D eigenvalue weighted by atomic mass is 31.2. The maximum absolute atomic E-state index is 11.8. The number of fused-ring (bicyclic) bond motifs is 1. The lowest BCUT2D eigenvalue weighted by molar-refractivity contribution is -0.0469. The zero-order valence-electron chi connectivity index (χ0n) is 13.0. The molecule has 1 fully saturated rings. The number of nitrogen functional groups attached to an aromatic ring is 1. The molecule has 12 heteroatoms. The van der Waals surface area contributed by atoms with E-state index in [2.05, 4.69) is 15.0 Å². The number of imidazole rings is 1. The largest absolute Gasteiger partial charge is 0.387 e. The molecule has 2 aromatic rings. The summed E-state index contributed by atoms with van der Waals surface area (Å²) in [6, 6.07) is 0. The SMILES string of the molecule is CP(C)(=O)OC[C@H]1O[C@@H](n2cnc3c(=O)[nH]c(N)nc32)[C@@H](O)[C@H]1O. The lowest BCUT2D eigenvalue weighted by Gasteiger charge is -2.17. The molecule has 3 heterocycles. The Bertz CT molecular complexity index is 859. The molecule has 1 saturated heterocycles. The van der Waals surface area contributed by atoms with Crippen molar-refractivity contribution in [3.8, 4) is 0 Å². The fourth-order valence-corrected chi connectivity index (χ4v) is 2.98. The maximum atomic E-state index is 11.8. The molecule has 0 saturated carbocycles. The first kappa shape index (κ1) is 17.1. The summed E-state index contributed by atoms with van der Waals surface area (Å²) in [6.45, 7) is 2.72. The van der Waals surface area contributed by atoms with Crippen LogP contribution in [0.4, 0.5) is 5.95 Å². The molecule has 0 aliphatic carbocycles. The number of aliphatic hydroxyl groups excluding tert-OH is 2. The van der Waals surface area contributed by atoms with Gasteiger partial charge in [0, 0.05) is 13.3 Å². The molecule has 11 nitrogen and oxygen atoms in total. The molecule has 132 valence electrons. The number of aliphatic hydroxyl groups is 2. The normalized spacial score (nSPS) is 27.8. The Morgan fingerprint density at radius 2 is 2.17 bits per heavy atom. The van der Waals surface area contributed by atoms with Crippen LogP contribution in [0.3, 0.4) is 0 Å². The van der Waals surface area contributed by atoms with E-state index in [0.717, 1.165) is 0 Å². The van der Waals surface area contributed by atoms with Crippen LogP contribution in [0.15, 0.2) is 11.1 Å². The van der Waals surface area contributed by atoms with Crippen molar-refractivity contribution >= 4 is 24.5 Å². The third kappa shape index (κ3) is 3.08. The number of rotatable bonds is 4. The van der Waals surface area contributed by atoms with Crippen LogP contribution >= 0.6 is 7.37 Å². The van der Waals surface area contributed by atoms with Crippen molar-refractivity contribution < 1.29 is 24.0 Å². The van der Waals surface area contributed by atoms with Gasteiger partial charge in [-0.1, -0.05) is 0 Å². The van der Waals surface area contributed by atoms with Crippen molar-refractivity contribution in [2.45, 2.75) is 24.5 Å². The third-order valence-corrected chi connectivity index (χ3v) is 4.38. The number of aromatic amines is 1. The van der Waals surface area contributed by atoms with Gasteiger partial charge in [0.1, 0.15) is 18.3 Å². The number of hydrogen-bond donors (Lipinski definition) is 4. The summed E-state index contributed by atoms with van der Waals surface area (Å²) in [6.07, 6.45) is -3.25. The first-order valence-corrected chi connectivity index (χ1v) is 9.63. The smallest absolute Gasteiger partial charge is 0.280 e. The maximum Gasteiger partial charge on any atom is 0.280 e. The van der Waals surface area contributed by atoms with Gasteiger partial charge in [0.2, 0.25) is 5.95 Å². The van der Waals surface area contributed by atoms with Crippen LogP contribution in [0.2, 0.25) is 0 Å². The molecule has 4 atom stereocenters. The Morgan fingerprint density at radius 3 is 2.83 bits per heavy atom. The van der Waals surface area contributed by atoms with Crippen molar-refractivity contribution in [3.05, 3.63) is 16.7 Å². The van der Waals surface area contributed by atoms with Gasteiger partial charge in [0.25, 0.3) is 5.56 Å². The van der Waals surface area contributed by atoms with Gasteiger partial charge in [0.05, 0.1) is 12.9 Å². The number of ether oxygens (including phenoxy) is 1. The number of H-pyrrole nitrogens is 1. The van der Waals surface area contributed by atoms with Crippen molar-refractivity contribution in [3.63, 3.8) is 0 Å². The highest BCUT2D eigenvalue weighted by Crippen LogP contribution is 2.39. The first-order valence-electron chi connectivity index (χ1n) is 7.11. The number of nitrogens with one attached hydrogen (secondary N) is 1. The zero-order chi connectivity index (χ0) is 17.6. The molecule has 0 aromatic carbocycles. The second-order valence-corrected chi connectivity index (χ2v) is 8.63. The lowest BCUT2D eigenvalue weighted by Crippen LogP contribution is -2.33. The van der Waals surface area contributed by atoms with Crippen LogP contribution < -0.4 is 11.3 Å². The van der Waals surface area contributed by atoms with Gasteiger partial charge in [-0.3, -0.25) is 18.9 Å². The summed E-state index contributed by atoms with van der Waals surface area (Å²) in [5.41, 5.74) is 5.14. The van der Waals surface area contributed by atoms with E-state index in [0.29, 0.717) is 0 Å². The average molecular weight is 359 g/mol. The van der Waals surface area contributed by atoms with Gasteiger partial charge in [-0.15, -0.1) is 0 Å². The quantitative estimate of drug-likeness (QED) is 0.494. The molecule has 1 aliphatic rings. The minimum Gasteiger partial charge on any atom is -0.387 e. The predicted octanol–water partition coefficient (Wildman–Crippen LogP) is -1.12. The van der Waals surface area contributed by atoms with Crippen LogP contribution in [0.5, 0.6) is 0 Å². The third-order valence-electron chi connectivity index (χ3n) is 3.61. The molecule has 3 rings (SSSR count). The van der Waals surface area contributed by atoms with Gasteiger partial charge >= 0.3 is 0 Å². The standard InChI is InChI=1S/C12H18N5O6P/c1-24(2,21)22-3-5-7(18)8(19)11(23-5)17-4-14-6-9(17)15-12(13)16-10(6)20/h4-5,7-8,11,18-19H,3H2,1-2H3,(H3,13,15,16,20)/t5-,7+,8+,11-/m1/s1. The Morgan fingerprint density at radius 1 is 1.46 bits per heavy atom. The summed E-state index contributed by atoms with van der Waals surface area (Å²) in [5, 5.41) is 20.3. The van der Waals surface area contributed by atoms with E-state index < -0.39 is 37.5 Å². The Labute approximate surface area is 135 Å². The second kappa shape index (κ2) is 5.94. The van der Waals surface area contributed by atoms with E-state index in [4.69, 9.17) is 15.0 Å². The van der Waals surface area contributed by atoms with E-state index in [-0.39, 0.29) is 23.7 Å². The lowest BCUT2D eigenvalue weighted by atomic mass is 10.1. The second-order valence-electron chi connectivity index (χ2n) is 5.87. The van der Waals surface area contributed by atoms with Gasteiger partial charge in [0.15, 0.2) is 24.8 Å². The van der Waals surface area contributed by atoms with Crippen molar-refractivity contribution in [1.82, 2.24) is 19.5 Å². The monoisotopic (exact) mass is 359 g/mol. The number of aromatic nitrogens is 4. The molecular formula is C12H18N5O6P. The van der Waals surface area contributed by atoms with Crippen molar-refractivity contribution in [2.24, 2.45) is 0 Å². The van der Waals surface area contributed by atoms with Crippen LogP contribution in [0.1, 0.15) is 6.23 Å². The Balaban J connectivity index is 1.90. The minimum atomic E-state index is -2.76. The van der Waals surface area contributed by atoms with Gasteiger partial charge in [-0.25, -0.2) is 4.98 Å². The minimum absolute atomic E-state index is 0.0285. The van der Waals surface area contributed by atoms with Crippen molar-refractivity contribution in [1.29, 1.82) is 0 Å². The first-order chi connectivity index (χ1) is 11.2. The summed E-state index contributed by atoms with van der Waals surface area (Å²) < 4.78 is 23.7. The number of nitrogens with zero attached hydrogens (tertiary/aromatic N) is 3. The molecule has 0 amide bonds. The van der Waals surface area contributed by atoms with Gasteiger partial charge < -0.3 is 25.2 Å². The Hall–Kier alpha value is -1.78. The van der Waals surface area contributed by atoms with Crippen LogP contribution in [0.25, 0.3) is 11.2 Å². The number of anilines is 1. The predicted molar refractivity (Wildman–Crippen MR) is 83.9 cm³/mol. The van der Waals surface area contributed by atoms with Crippen LogP contribution in [0, 0.1) is 0 Å². The molecule has 0 unspecified atom stereocenters. The highest BCUT2D eigenvalue weighted by molar-refractivity contribution is 7.57. The van der Waals surface area contributed by atoms with E-state index >= 15 is 0 Å². The number of nitrogens with two attached hydrogens (primary N) is 1. The molecule has 24 heavy (non-hydrogen) atoms. The molecular weight excluding hydrogens is 341 g/mol. The van der Waals surface area contributed by atoms with E-state index in [1.807, 2.05) is 0 Å². The van der Waals surface area contributed by atoms with E-state index in [9.17, 15) is 19.6 Å². The number of hydrogen-bond acceptors (Lipinski definition) is 9. The summed E-state index contributed by atoms with van der Waals surface area (Å²) in [5.74, 6) is -0.111. The van der Waals surface area contributed by atoms with Crippen molar-refractivity contribution in [2.75, 3.05) is 25.7 Å². The van der Waals surface area contributed by atoms with E-state index in [1.54, 1.807) is 0 Å². The average Bonchev–Trinajstić information content (AvgIpc) is 3.00.